The molecule has 10 heteroatoms. The molecule has 0 fully saturated rings. The van der Waals surface area contributed by atoms with Crippen molar-refractivity contribution < 1.29 is 18.0 Å². The van der Waals surface area contributed by atoms with Crippen molar-refractivity contribution in [3.8, 4) is 0 Å². The van der Waals surface area contributed by atoms with Gasteiger partial charge in [0.1, 0.15) is 6.04 Å². The maximum Gasteiger partial charge on any atom is 0.263 e. The van der Waals surface area contributed by atoms with Crippen LogP contribution in [0.2, 0.25) is 5.02 Å². The van der Waals surface area contributed by atoms with Crippen LogP contribution >= 0.6 is 11.6 Å². The number of hydrazone groups is 1. The van der Waals surface area contributed by atoms with Gasteiger partial charge in [0.15, 0.2) is 0 Å². The molecule has 0 aliphatic carbocycles. The van der Waals surface area contributed by atoms with E-state index >= 15 is 0 Å². The maximum absolute atomic E-state index is 12.7. The molecule has 0 radical (unpaired) electrons. The zero-order valence-corrected chi connectivity index (χ0v) is 21.0. The van der Waals surface area contributed by atoms with Crippen LogP contribution in [0.4, 0.5) is 11.4 Å². The Kier molecular flexibility index (Phi) is 8.26. The number of carbonyl (C=O) groups excluding carboxylic acids is 2. The number of hydrogen-bond donors (Lipinski definition) is 2. The number of benzene rings is 3. The molecule has 0 aliphatic heterocycles. The first kappa shape index (κ1) is 25.9. The van der Waals surface area contributed by atoms with E-state index in [2.05, 4.69) is 15.8 Å². The lowest BCUT2D eigenvalue weighted by atomic mass is 10.1. The molecule has 3 rings (SSSR count). The monoisotopic (exact) mass is 512 g/mol. The first-order valence-corrected chi connectivity index (χ1v) is 12.8. The van der Waals surface area contributed by atoms with Crippen LogP contribution in [0.3, 0.4) is 0 Å². The van der Waals surface area contributed by atoms with Crippen molar-refractivity contribution in [2.75, 3.05) is 15.9 Å². The van der Waals surface area contributed by atoms with Gasteiger partial charge in [-0.2, -0.15) is 5.10 Å². The van der Waals surface area contributed by atoms with Gasteiger partial charge in [-0.25, -0.2) is 13.8 Å². The summed E-state index contributed by atoms with van der Waals surface area (Å²) in [5.41, 5.74) is 4.89. The minimum absolute atomic E-state index is 0.317. The summed E-state index contributed by atoms with van der Waals surface area (Å²) in [4.78, 5) is 25.2. The van der Waals surface area contributed by atoms with E-state index in [4.69, 9.17) is 11.6 Å². The Hall–Kier alpha value is -3.69. The summed E-state index contributed by atoms with van der Waals surface area (Å²) in [6.45, 7) is 3.18. The van der Waals surface area contributed by atoms with Crippen molar-refractivity contribution in [2.45, 2.75) is 19.9 Å². The summed E-state index contributed by atoms with van der Waals surface area (Å²) in [5, 5.41) is 7.39. The summed E-state index contributed by atoms with van der Waals surface area (Å²) in [7, 11) is -3.72. The van der Waals surface area contributed by atoms with Gasteiger partial charge in [0.2, 0.25) is 10.0 Å². The standard InChI is InChI=1S/C25H25ClN4O4S/c1-17(19-9-8-12-22(16-19)27-25(32)20-10-7-11-21(26)15-20)28-29-24(31)18(2)30(35(3,33)34)23-13-5-4-6-14-23/h4-16,18H,1-3H3,(H,27,32)(H,29,31)/b28-17-/t18-/m0/s1. The molecule has 0 saturated carbocycles. The number of amides is 2. The largest absolute Gasteiger partial charge is 0.322 e. The molecule has 0 saturated heterocycles. The molecule has 0 spiro atoms. The number of sulfonamides is 1. The molecular formula is C25H25ClN4O4S. The molecular weight excluding hydrogens is 488 g/mol. The molecule has 0 aliphatic rings. The summed E-state index contributed by atoms with van der Waals surface area (Å²) in [5.74, 6) is -0.910. The van der Waals surface area contributed by atoms with Gasteiger partial charge in [0, 0.05) is 16.3 Å². The third-order valence-corrected chi connectivity index (χ3v) is 6.53. The molecule has 0 heterocycles. The van der Waals surface area contributed by atoms with Gasteiger partial charge in [-0.1, -0.05) is 48.0 Å². The highest BCUT2D eigenvalue weighted by Crippen LogP contribution is 2.20. The number of rotatable bonds is 8. The SMILES string of the molecule is C/C(=N/NC(=O)[C@H](C)N(c1ccccc1)S(C)(=O)=O)c1cccc(NC(=O)c2cccc(Cl)c2)c1. The second-order valence-corrected chi connectivity index (χ2v) is 10.1. The average molecular weight is 513 g/mol. The van der Waals surface area contributed by atoms with Gasteiger partial charge in [0.05, 0.1) is 17.7 Å². The van der Waals surface area contributed by atoms with E-state index in [1.165, 1.54) is 6.92 Å². The number of nitrogens with zero attached hydrogens (tertiary/aromatic N) is 2. The van der Waals surface area contributed by atoms with Crippen LogP contribution in [-0.2, 0) is 14.8 Å². The van der Waals surface area contributed by atoms with Gasteiger partial charge < -0.3 is 5.32 Å². The van der Waals surface area contributed by atoms with Gasteiger partial charge in [-0.3, -0.25) is 13.9 Å². The van der Waals surface area contributed by atoms with Crippen molar-refractivity contribution in [1.82, 2.24) is 5.43 Å². The molecule has 1 atom stereocenters. The van der Waals surface area contributed by atoms with Crippen LogP contribution < -0.4 is 15.0 Å². The van der Waals surface area contributed by atoms with E-state index in [1.807, 2.05) is 0 Å². The van der Waals surface area contributed by atoms with Gasteiger partial charge in [-0.05, 0) is 61.9 Å². The van der Waals surface area contributed by atoms with Crippen molar-refractivity contribution in [2.24, 2.45) is 5.10 Å². The highest BCUT2D eigenvalue weighted by atomic mass is 35.5. The van der Waals surface area contributed by atoms with Gasteiger partial charge in [0.25, 0.3) is 11.8 Å². The summed E-state index contributed by atoms with van der Waals surface area (Å²) in [6, 6.07) is 20.9. The van der Waals surface area contributed by atoms with Gasteiger partial charge >= 0.3 is 0 Å². The van der Waals surface area contributed by atoms with Crippen molar-refractivity contribution >= 4 is 50.5 Å². The minimum Gasteiger partial charge on any atom is -0.322 e. The Morgan fingerprint density at radius 1 is 0.943 bits per heavy atom. The Morgan fingerprint density at radius 2 is 1.60 bits per heavy atom. The topological polar surface area (TPSA) is 108 Å². The van der Waals surface area contributed by atoms with Crippen LogP contribution in [-0.4, -0.2) is 38.2 Å². The number of carbonyl (C=O) groups is 2. The van der Waals surface area contributed by atoms with Crippen molar-refractivity contribution in [3.05, 3.63) is 95.0 Å². The van der Waals surface area contributed by atoms with Crippen molar-refractivity contribution in [1.29, 1.82) is 0 Å². The summed E-state index contributed by atoms with van der Waals surface area (Å²) < 4.78 is 25.7. The number of halogens is 1. The molecule has 2 N–H and O–H groups in total. The zero-order chi connectivity index (χ0) is 25.6. The maximum atomic E-state index is 12.7. The highest BCUT2D eigenvalue weighted by Gasteiger charge is 2.29. The summed E-state index contributed by atoms with van der Waals surface area (Å²) in [6.07, 6.45) is 1.04. The van der Waals surface area contributed by atoms with Crippen LogP contribution in [0, 0.1) is 0 Å². The van der Waals surface area contributed by atoms with E-state index in [-0.39, 0.29) is 5.91 Å². The first-order chi connectivity index (χ1) is 16.6. The lowest BCUT2D eigenvalue weighted by Gasteiger charge is -2.27. The number of hydrogen-bond acceptors (Lipinski definition) is 5. The number of para-hydroxylation sites is 1. The minimum atomic E-state index is -3.72. The highest BCUT2D eigenvalue weighted by molar-refractivity contribution is 7.92. The van der Waals surface area contributed by atoms with E-state index in [1.54, 1.807) is 85.8 Å². The zero-order valence-electron chi connectivity index (χ0n) is 19.4. The lowest BCUT2D eigenvalue weighted by molar-refractivity contribution is -0.121. The van der Waals surface area contributed by atoms with Crippen LogP contribution in [0.15, 0.2) is 84.0 Å². The smallest absolute Gasteiger partial charge is 0.263 e. The molecule has 182 valence electrons. The van der Waals surface area contributed by atoms with Crippen LogP contribution in [0.5, 0.6) is 0 Å². The molecule has 0 aromatic heterocycles. The second kappa shape index (κ2) is 11.2. The molecule has 0 unspecified atom stereocenters. The molecule has 0 bridgehead atoms. The number of nitrogens with one attached hydrogen (secondary N) is 2. The average Bonchev–Trinajstić information content (AvgIpc) is 2.82. The Balaban J connectivity index is 1.72. The van der Waals surface area contributed by atoms with Crippen molar-refractivity contribution in [3.63, 3.8) is 0 Å². The first-order valence-electron chi connectivity index (χ1n) is 10.6. The number of anilines is 2. The quantitative estimate of drug-likeness (QED) is 0.346. The predicted octanol–water partition coefficient (Wildman–Crippen LogP) is 4.29. The van der Waals surface area contributed by atoms with Crippen LogP contribution in [0.25, 0.3) is 0 Å². The van der Waals surface area contributed by atoms with E-state index in [9.17, 15) is 18.0 Å². The second-order valence-electron chi connectivity index (χ2n) is 7.79. The molecule has 3 aromatic rings. The van der Waals surface area contributed by atoms with E-state index in [0.717, 1.165) is 10.6 Å². The summed E-state index contributed by atoms with van der Waals surface area (Å²) >= 11 is 5.95. The fourth-order valence-corrected chi connectivity index (χ4v) is 4.70. The normalized spacial score (nSPS) is 12.5. The third kappa shape index (κ3) is 6.91. The van der Waals surface area contributed by atoms with E-state index < -0.39 is 22.0 Å². The van der Waals surface area contributed by atoms with Crippen LogP contribution in [0.1, 0.15) is 29.8 Å². The van der Waals surface area contributed by atoms with Gasteiger partial charge in [-0.15, -0.1) is 0 Å². The molecule has 3 aromatic carbocycles. The molecule has 35 heavy (non-hydrogen) atoms. The Labute approximate surface area is 209 Å². The molecule has 8 nitrogen and oxygen atoms in total. The lowest BCUT2D eigenvalue weighted by Crippen LogP contribution is -2.46. The van der Waals surface area contributed by atoms with E-state index in [0.29, 0.717) is 33.2 Å². The Bertz CT molecular complexity index is 1360. The fraction of sp³-hybridized carbons (Fsp3) is 0.160. The fourth-order valence-electron chi connectivity index (χ4n) is 3.34. The predicted molar refractivity (Wildman–Crippen MR) is 139 cm³/mol. The third-order valence-electron chi connectivity index (χ3n) is 5.06. The Morgan fingerprint density at radius 3 is 2.26 bits per heavy atom. The molecule has 2 amide bonds.